The van der Waals surface area contributed by atoms with Crippen molar-refractivity contribution >= 4 is 0 Å². The Hall–Kier alpha value is -0.300. The number of aliphatic hydroxyl groups is 1. The fraction of sp³-hybridized carbons (Fsp3) is 0.800. The van der Waals surface area contributed by atoms with Crippen LogP contribution in [-0.4, -0.2) is 11.2 Å². The van der Waals surface area contributed by atoms with Gasteiger partial charge < -0.3 is 5.11 Å². The third kappa shape index (κ3) is 3.57. The Kier molecular flexibility index (Phi) is 5.22. The summed E-state index contributed by atoms with van der Waals surface area (Å²) in [4.78, 5) is 0. The predicted octanol–water partition coefficient (Wildman–Crippen LogP) is 2.61. The molecule has 0 heterocycles. The summed E-state index contributed by atoms with van der Waals surface area (Å²) in [5.41, 5.74) is 0. The molecule has 0 spiro atoms. The first-order valence-electron chi connectivity index (χ1n) is 4.42. The monoisotopic (exact) mass is 156 g/mol. The summed E-state index contributed by atoms with van der Waals surface area (Å²) >= 11 is 0. The number of aliphatic hydroxyl groups excluding tert-OH is 1. The van der Waals surface area contributed by atoms with Crippen molar-refractivity contribution in [3.05, 3.63) is 12.7 Å². The lowest BCUT2D eigenvalue weighted by Crippen LogP contribution is -2.23. The van der Waals surface area contributed by atoms with E-state index in [9.17, 15) is 5.11 Å². The SMILES string of the molecule is C=CC[C@H](O)[C@H](CC)C(C)C. The van der Waals surface area contributed by atoms with Crippen molar-refractivity contribution in [2.75, 3.05) is 0 Å². The summed E-state index contributed by atoms with van der Waals surface area (Å²) in [5, 5.41) is 9.61. The van der Waals surface area contributed by atoms with Crippen molar-refractivity contribution in [2.45, 2.75) is 39.7 Å². The van der Waals surface area contributed by atoms with Crippen LogP contribution in [0.4, 0.5) is 0 Å². The molecule has 2 atom stereocenters. The molecule has 0 radical (unpaired) electrons. The highest BCUT2D eigenvalue weighted by Gasteiger charge is 2.18. The molecule has 0 unspecified atom stereocenters. The molecule has 11 heavy (non-hydrogen) atoms. The van der Waals surface area contributed by atoms with E-state index in [-0.39, 0.29) is 6.10 Å². The van der Waals surface area contributed by atoms with E-state index < -0.39 is 0 Å². The minimum Gasteiger partial charge on any atom is -0.393 e. The number of rotatable bonds is 5. The highest BCUT2D eigenvalue weighted by Crippen LogP contribution is 2.21. The Balaban J connectivity index is 3.90. The Morgan fingerprint density at radius 3 is 2.27 bits per heavy atom. The van der Waals surface area contributed by atoms with Gasteiger partial charge in [0.2, 0.25) is 0 Å². The molecular formula is C10H20O. The van der Waals surface area contributed by atoms with E-state index >= 15 is 0 Å². The maximum Gasteiger partial charge on any atom is 0.0605 e. The van der Waals surface area contributed by atoms with Gasteiger partial charge in [-0.15, -0.1) is 6.58 Å². The van der Waals surface area contributed by atoms with Gasteiger partial charge in [-0.05, 0) is 18.3 Å². The lowest BCUT2D eigenvalue weighted by atomic mass is 9.86. The maximum absolute atomic E-state index is 9.61. The fourth-order valence-corrected chi connectivity index (χ4v) is 1.53. The van der Waals surface area contributed by atoms with Crippen molar-refractivity contribution in [3.8, 4) is 0 Å². The van der Waals surface area contributed by atoms with E-state index in [1.807, 2.05) is 0 Å². The number of hydrogen-bond acceptors (Lipinski definition) is 1. The standard InChI is InChI=1S/C10H20O/c1-5-7-10(11)9(6-2)8(3)4/h5,8-11H,1,6-7H2,2-4H3/t9-,10+/m1/s1. The summed E-state index contributed by atoms with van der Waals surface area (Å²) in [5.74, 6) is 0.989. The average Bonchev–Trinajstić information content (AvgIpc) is 1.88. The summed E-state index contributed by atoms with van der Waals surface area (Å²) in [7, 11) is 0. The Labute approximate surface area is 70.1 Å². The van der Waals surface area contributed by atoms with Crippen molar-refractivity contribution in [1.82, 2.24) is 0 Å². The zero-order chi connectivity index (χ0) is 8.85. The molecule has 0 saturated heterocycles. The van der Waals surface area contributed by atoms with Gasteiger partial charge in [0.15, 0.2) is 0 Å². The summed E-state index contributed by atoms with van der Waals surface area (Å²) < 4.78 is 0. The zero-order valence-corrected chi connectivity index (χ0v) is 7.88. The van der Waals surface area contributed by atoms with Crippen molar-refractivity contribution in [3.63, 3.8) is 0 Å². The molecule has 0 saturated carbocycles. The average molecular weight is 156 g/mol. The predicted molar refractivity (Wildman–Crippen MR) is 49.4 cm³/mol. The van der Waals surface area contributed by atoms with Crippen LogP contribution in [0.1, 0.15) is 33.6 Å². The van der Waals surface area contributed by atoms with Gasteiger partial charge in [0.25, 0.3) is 0 Å². The van der Waals surface area contributed by atoms with Crippen molar-refractivity contribution < 1.29 is 5.11 Å². The van der Waals surface area contributed by atoms with Crippen LogP contribution < -0.4 is 0 Å². The van der Waals surface area contributed by atoms with Crippen LogP contribution >= 0.6 is 0 Å². The molecule has 0 aromatic carbocycles. The van der Waals surface area contributed by atoms with E-state index in [1.165, 1.54) is 0 Å². The number of hydrogen-bond donors (Lipinski definition) is 1. The molecular weight excluding hydrogens is 136 g/mol. The van der Waals surface area contributed by atoms with Gasteiger partial charge in [-0.25, -0.2) is 0 Å². The van der Waals surface area contributed by atoms with Gasteiger partial charge >= 0.3 is 0 Å². The molecule has 0 fully saturated rings. The van der Waals surface area contributed by atoms with Crippen LogP contribution in [0.2, 0.25) is 0 Å². The third-order valence-corrected chi connectivity index (χ3v) is 2.23. The highest BCUT2D eigenvalue weighted by atomic mass is 16.3. The molecule has 0 aromatic rings. The molecule has 1 N–H and O–H groups in total. The minimum absolute atomic E-state index is 0.197. The summed E-state index contributed by atoms with van der Waals surface area (Å²) in [6.45, 7) is 10.0. The van der Waals surface area contributed by atoms with Crippen LogP contribution in [-0.2, 0) is 0 Å². The largest absolute Gasteiger partial charge is 0.393 e. The normalized spacial score (nSPS) is 16.5. The zero-order valence-electron chi connectivity index (χ0n) is 7.88. The lowest BCUT2D eigenvalue weighted by Gasteiger charge is -2.23. The fourth-order valence-electron chi connectivity index (χ4n) is 1.53. The van der Waals surface area contributed by atoms with E-state index in [0.717, 1.165) is 12.8 Å². The molecule has 0 rings (SSSR count). The molecule has 0 aliphatic heterocycles. The molecule has 1 heteroatoms. The molecule has 0 aliphatic carbocycles. The summed E-state index contributed by atoms with van der Waals surface area (Å²) in [6.07, 6.45) is 3.36. The lowest BCUT2D eigenvalue weighted by molar-refractivity contribution is 0.0815. The third-order valence-electron chi connectivity index (χ3n) is 2.23. The van der Waals surface area contributed by atoms with Crippen LogP contribution in [0.5, 0.6) is 0 Å². The van der Waals surface area contributed by atoms with E-state index in [0.29, 0.717) is 11.8 Å². The van der Waals surface area contributed by atoms with Crippen molar-refractivity contribution in [1.29, 1.82) is 0 Å². The molecule has 0 amide bonds. The van der Waals surface area contributed by atoms with Gasteiger partial charge in [0.05, 0.1) is 6.10 Å². The molecule has 66 valence electrons. The Morgan fingerprint density at radius 2 is 2.00 bits per heavy atom. The Morgan fingerprint density at radius 1 is 1.45 bits per heavy atom. The van der Waals surface area contributed by atoms with Crippen LogP contribution in [0.3, 0.4) is 0 Å². The molecule has 0 bridgehead atoms. The molecule has 1 nitrogen and oxygen atoms in total. The topological polar surface area (TPSA) is 20.2 Å². The van der Waals surface area contributed by atoms with Gasteiger partial charge in [0.1, 0.15) is 0 Å². The van der Waals surface area contributed by atoms with Gasteiger partial charge in [-0.3, -0.25) is 0 Å². The first-order chi connectivity index (χ1) is 5.13. The van der Waals surface area contributed by atoms with E-state index in [4.69, 9.17) is 0 Å². The Bertz CT molecular complexity index is 107. The first-order valence-corrected chi connectivity index (χ1v) is 4.42. The van der Waals surface area contributed by atoms with Crippen LogP contribution in [0.15, 0.2) is 12.7 Å². The van der Waals surface area contributed by atoms with Gasteiger partial charge in [0, 0.05) is 0 Å². The van der Waals surface area contributed by atoms with Gasteiger partial charge in [-0.2, -0.15) is 0 Å². The highest BCUT2D eigenvalue weighted by molar-refractivity contribution is 4.78. The second-order valence-corrected chi connectivity index (χ2v) is 3.41. The summed E-state index contributed by atoms with van der Waals surface area (Å²) in [6, 6.07) is 0. The minimum atomic E-state index is -0.197. The van der Waals surface area contributed by atoms with Crippen molar-refractivity contribution in [2.24, 2.45) is 11.8 Å². The smallest absolute Gasteiger partial charge is 0.0605 e. The van der Waals surface area contributed by atoms with Gasteiger partial charge in [-0.1, -0.05) is 33.3 Å². The van der Waals surface area contributed by atoms with Crippen LogP contribution in [0.25, 0.3) is 0 Å². The van der Waals surface area contributed by atoms with Crippen LogP contribution in [0, 0.1) is 11.8 Å². The second-order valence-electron chi connectivity index (χ2n) is 3.41. The van der Waals surface area contributed by atoms with E-state index in [1.54, 1.807) is 6.08 Å². The molecule has 0 aliphatic rings. The van der Waals surface area contributed by atoms with E-state index in [2.05, 4.69) is 27.4 Å². The first kappa shape index (κ1) is 10.7. The molecule has 0 aromatic heterocycles. The quantitative estimate of drug-likeness (QED) is 0.607. The second kappa shape index (κ2) is 5.36. The maximum atomic E-state index is 9.61.